The second kappa shape index (κ2) is 7.64. The fourth-order valence-corrected chi connectivity index (χ4v) is 4.10. The monoisotopic (exact) mass is 429 g/mol. The topological polar surface area (TPSA) is 96.3 Å². The molecule has 1 aliphatic heterocycles. The number of carbonyl (C=O) groups is 3. The number of nitrogens with one attached hydrogen (secondary N) is 2. The van der Waals surface area contributed by atoms with E-state index in [-0.39, 0.29) is 5.69 Å². The number of hydrogen-bond donors (Lipinski definition) is 2. The maximum atomic E-state index is 13.3. The molecule has 162 valence electrons. The lowest BCUT2D eigenvalue weighted by Gasteiger charge is -2.25. The summed E-state index contributed by atoms with van der Waals surface area (Å²) in [5.74, 6) is -0.747. The van der Waals surface area contributed by atoms with Crippen molar-refractivity contribution < 1.29 is 14.4 Å². The number of amides is 4. The molecule has 3 aromatic rings. The maximum Gasteiger partial charge on any atom is 0.344 e. The van der Waals surface area contributed by atoms with Crippen LogP contribution in [0.1, 0.15) is 53.8 Å². The summed E-state index contributed by atoms with van der Waals surface area (Å²) in [4.78, 5) is 39.3. The molecule has 1 atom stereocenters. The minimum absolute atomic E-state index is 0.271. The lowest BCUT2D eigenvalue weighted by atomic mass is 9.87. The van der Waals surface area contributed by atoms with Crippen LogP contribution in [0.4, 0.5) is 4.79 Å². The van der Waals surface area contributed by atoms with Gasteiger partial charge in [0.1, 0.15) is 11.2 Å². The van der Waals surface area contributed by atoms with Crippen molar-refractivity contribution in [3.05, 3.63) is 83.7 Å². The van der Waals surface area contributed by atoms with Gasteiger partial charge in [-0.1, -0.05) is 55.5 Å². The molecule has 1 aromatic heterocycles. The molecule has 1 unspecified atom stereocenters. The smallest absolute Gasteiger partial charge is 0.318 e. The summed E-state index contributed by atoms with van der Waals surface area (Å²) in [6.07, 6.45) is 2.42. The quantitative estimate of drug-likeness (QED) is 0.588. The van der Waals surface area contributed by atoms with Gasteiger partial charge in [0.2, 0.25) is 0 Å². The van der Waals surface area contributed by atoms with Crippen LogP contribution in [-0.4, -0.2) is 32.6 Å². The summed E-state index contributed by atoms with van der Waals surface area (Å²) >= 11 is 0. The number of para-hydroxylation sites is 1. The first-order valence-electron chi connectivity index (χ1n) is 10.7. The number of urea groups is 1. The minimum Gasteiger partial charge on any atom is -0.318 e. The van der Waals surface area contributed by atoms with Crippen LogP contribution in [0.2, 0.25) is 0 Å². The molecule has 0 bridgehead atoms. The number of hydrazine groups is 1. The van der Waals surface area contributed by atoms with E-state index >= 15 is 0 Å². The second-order valence-electron chi connectivity index (χ2n) is 8.11. The van der Waals surface area contributed by atoms with E-state index in [2.05, 4.69) is 15.8 Å². The van der Waals surface area contributed by atoms with Crippen LogP contribution in [0, 0.1) is 0 Å². The van der Waals surface area contributed by atoms with E-state index in [1.165, 1.54) is 0 Å². The molecule has 0 spiro atoms. The van der Waals surface area contributed by atoms with Gasteiger partial charge in [-0.2, -0.15) is 10.1 Å². The van der Waals surface area contributed by atoms with E-state index in [0.29, 0.717) is 17.9 Å². The second-order valence-corrected chi connectivity index (χ2v) is 8.11. The molecule has 2 aliphatic rings. The number of hydrogen-bond acceptors (Lipinski definition) is 4. The van der Waals surface area contributed by atoms with Crippen molar-refractivity contribution in [2.24, 2.45) is 0 Å². The Morgan fingerprint density at radius 2 is 1.75 bits per heavy atom. The van der Waals surface area contributed by atoms with E-state index in [1.807, 2.05) is 55.5 Å². The average Bonchev–Trinajstić information content (AvgIpc) is 3.54. The first-order chi connectivity index (χ1) is 15.5. The van der Waals surface area contributed by atoms with Crippen molar-refractivity contribution in [3.8, 4) is 5.69 Å². The highest BCUT2D eigenvalue weighted by Gasteiger charge is 2.52. The van der Waals surface area contributed by atoms with Crippen LogP contribution < -0.4 is 10.7 Å². The number of imide groups is 1. The molecular formula is C24H23N5O3. The Hall–Kier alpha value is -3.94. The van der Waals surface area contributed by atoms with E-state index in [1.54, 1.807) is 22.9 Å². The Kier molecular flexibility index (Phi) is 4.77. The van der Waals surface area contributed by atoms with Crippen LogP contribution in [0.3, 0.4) is 0 Å². The summed E-state index contributed by atoms with van der Waals surface area (Å²) in [7, 11) is 0. The number of carbonyl (C=O) groups excluding carboxylic acids is 3. The zero-order valence-electron chi connectivity index (χ0n) is 17.6. The van der Waals surface area contributed by atoms with Gasteiger partial charge in [-0.3, -0.25) is 15.0 Å². The molecule has 8 nitrogen and oxygen atoms in total. The third-order valence-corrected chi connectivity index (χ3v) is 6.06. The standard InChI is InChI=1S/C24H23N5O3/c1-2-24(17-9-5-3-6-10-17)22(31)29(23(32)25-24)27-21(30)20-15-19(16-13-14-16)26-28(20)18-11-7-4-8-12-18/h3-12,15-16H,2,13-14H2,1H3,(H,25,32)(H,27,30). The van der Waals surface area contributed by atoms with Crippen molar-refractivity contribution in [3.63, 3.8) is 0 Å². The van der Waals surface area contributed by atoms with Gasteiger partial charge in [0.25, 0.3) is 11.8 Å². The summed E-state index contributed by atoms with van der Waals surface area (Å²) in [5.41, 5.74) is 3.80. The summed E-state index contributed by atoms with van der Waals surface area (Å²) < 4.78 is 1.56. The largest absolute Gasteiger partial charge is 0.344 e. The highest BCUT2D eigenvalue weighted by atomic mass is 16.2. The van der Waals surface area contributed by atoms with E-state index < -0.39 is 23.4 Å². The lowest BCUT2D eigenvalue weighted by molar-refractivity contribution is -0.133. The zero-order chi connectivity index (χ0) is 22.3. The summed E-state index contributed by atoms with van der Waals surface area (Å²) in [6, 6.07) is 19.4. The van der Waals surface area contributed by atoms with Gasteiger partial charge < -0.3 is 5.32 Å². The van der Waals surface area contributed by atoms with E-state index in [0.717, 1.165) is 29.2 Å². The van der Waals surface area contributed by atoms with Crippen LogP contribution in [0.25, 0.3) is 5.69 Å². The maximum absolute atomic E-state index is 13.3. The lowest BCUT2D eigenvalue weighted by Crippen LogP contribution is -2.48. The Balaban J connectivity index is 1.46. The van der Waals surface area contributed by atoms with Crippen molar-refractivity contribution in [2.75, 3.05) is 0 Å². The molecule has 0 radical (unpaired) electrons. The van der Waals surface area contributed by atoms with Gasteiger partial charge in [0.15, 0.2) is 0 Å². The van der Waals surface area contributed by atoms with Gasteiger partial charge in [-0.25, -0.2) is 9.48 Å². The van der Waals surface area contributed by atoms with Crippen molar-refractivity contribution >= 4 is 17.8 Å². The van der Waals surface area contributed by atoms with Gasteiger partial charge in [-0.15, -0.1) is 0 Å². The van der Waals surface area contributed by atoms with Crippen molar-refractivity contribution in [1.29, 1.82) is 0 Å². The number of rotatable bonds is 6. The molecule has 1 saturated heterocycles. The number of aromatic nitrogens is 2. The van der Waals surface area contributed by atoms with Crippen LogP contribution >= 0.6 is 0 Å². The number of benzene rings is 2. The van der Waals surface area contributed by atoms with Gasteiger partial charge >= 0.3 is 6.03 Å². The first-order valence-corrected chi connectivity index (χ1v) is 10.7. The predicted octanol–water partition coefficient (Wildman–Crippen LogP) is 3.25. The van der Waals surface area contributed by atoms with Crippen molar-refractivity contribution in [2.45, 2.75) is 37.6 Å². The number of nitrogens with zero attached hydrogens (tertiary/aromatic N) is 3. The third-order valence-electron chi connectivity index (χ3n) is 6.06. The Labute approximate surface area is 185 Å². The Bertz CT molecular complexity index is 1190. The fraction of sp³-hybridized carbons (Fsp3) is 0.250. The Morgan fingerprint density at radius 3 is 2.38 bits per heavy atom. The van der Waals surface area contributed by atoms with Gasteiger partial charge in [0, 0.05) is 5.92 Å². The highest BCUT2D eigenvalue weighted by molar-refractivity contribution is 6.09. The summed E-state index contributed by atoms with van der Waals surface area (Å²) in [5, 5.41) is 8.17. The molecule has 2 N–H and O–H groups in total. The molecule has 2 fully saturated rings. The molecule has 8 heteroatoms. The predicted molar refractivity (Wildman–Crippen MR) is 117 cm³/mol. The Morgan fingerprint density at radius 1 is 1.09 bits per heavy atom. The first kappa shape index (κ1) is 20.0. The molecule has 2 aromatic carbocycles. The van der Waals surface area contributed by atoms with Gasteiger partial charge in [-0.05, 0) is 43.0 Å². The molecular weight excluding hydrogens is 406 g/mol. The van der Waals surface area contributed by atoms with Crippen LogP contribution in [-0.2, 0) is 10.3 Å². The SMILES string of the molecule is CCC1(c2ccccc2)NC(=O)N(NC(=O)c2cc(C3CC3)nn2-c2ccccc2)C1=O. The zero-order valence-corrected chi connectivity index (χ0v) is 17.6. The minimum atomic E-state index is -1.22. The fourth-order valence-electron chi connectivity index (χ4n) is 4.10. The van der Waals surface area contributed by atoms with Crippen LogP contribution in [0.5, 0.6) is 0 Å². The van der Waals surface area contributed by atoms with E-state index in [9.17, 15) is 14.4 Å². The van der Waals surface area contributed by atoms with Crippen LogP contribution in [0.15, 0.2) is 66.7 Å². The molecule has 2 heterocycles. The van der Waals surface area contributed by atoms with Gasteiger partial charge in [0.05, 0.1) is 11.4 Å². The molecule has 5 rings (SSSR count). The average molecular weight is 429 g/mol. The van der Waals surface area contributed by atoms with Crippen molar-refractivity contribution in [1.82, 2.24) is 25.5 Å². The highest BCUT2D eigenvalue weighted by Crippen LogP contribution is 2.40. The molecule has 32 heavy (non-hydrogen) atoms. The summed E-state index contributed by atoms with van der Waals surface area (Å²) in [6.45, 7) is 1.82. The third kappa shape index (κ3) is 3.24. The molecule has 1 aliphatic carbocycles. The molecule has 4 amide bonds. The van der Waals surface area contributed by atoms with E-state index in [4.69, 9.17) is 0 Å². The normalized spacial score (nSPS) is 20.3. The molecule has 1 saturated carbocycles.